The zero-order valence-corrected chi connectivity index (χ0v) is 21.1. The van der Waals surface area contributed by atoms with E-state index in [1.165, 1.54) is 0 Å². The molecular weight excluding hydrogens is 494 g/mol. The number of allylic oxidation sites excluding steroid dienone is 1. The van der Waals surface area contributed by atoms with Crippen LogP contribution < -0.4 is 0 Å². The number of ketones is 2. The molecule has 2 heterocycles. The topological polar surface area (TPSA) is 56.9 Å². The molecule has 6 heteroatoms. The third-order valence-corrected chi connectivity index (χ3v) is 7.42. The predicted molar refractivity (Wildman–Crippen MR) is 151 cm³/mol. The van der Waals surface area contributed by atoms with Gasteiger partial charge in [0.25, 0.3) is 0 Å². The Labute approximate surface area is 223 Å². The molecule has 0 aliphatic heterocycles. The molecular formula is C32H20ClN3O2. The number of hydrogen-bond acceptors (Lipinski definition) is 3. The van der Waals surface area contributed by atoms with Gasteiger partial charge in [-0.05, 0) is 64.9 Å². The predicted octanol–water partition coefficient (Wildman–Crippen LogP) is 7.30. The molecule has 38 heavy (non-hydrogen) atoms. The Morgan fingerprint density at radius 1 is 0.763 bits per heavy atom. The highest BCUT2D eigenvalue weighted by Crippen LogP contribution is 2.34. The van der Waals surface area contributed by atoms with Crippen LogP contribution in [0.3, 0.4) is 0 Å². The highest BCUT2D eigenvalue weighted by atomic mass is 35.5. The van der Waals surface area contributed by atoms with Crippen LogP contribution in [-0.2, 0) is 7.05 Å². The largest absolute Gasteiger partial charge is 0.327 e. The van der Waals surface area contributed by atoms with Crippen molar-refractivity contribution >= 4 is 51.2 Å². The first-order valence-electron chi connectivity index (χ1n) is 12.2. The molecule has 0 N–H and O–H groups in total. The molecule has 182 valence electrons. The number of fused-ring (bicyclic) bond motifs is 3. The van der Waals surface area contributed by atoms with Crippen molar-refractivity contribution in [1.82, 2.24) is 14.1 Å². The van der Waals surface area contributed by atoms with Crippen molar-refractivity contribution in [2.75, 3.05) is 0 Å². The first kappa shape index (κ1) is 22.5. The summed E-state index contributed by atoms with van der Waals surface area (Å²) in [7, 11) is 1.96. The van der Waals surface area contributed by atoms with Crippen molar-refractivity contribution in [1.29, 1.82) is 0 Å². The second-order valence-corrected chi connectivity index (χ2v) is 9.84. The molecule has 0 amide bonds. The molecule has 0 unspecified atom stereocenters. The lowest BCUT2D eigenvalue weighted by Crippen LogP contribution is -2.03. The van der Waals surface area contributed by atoms with E-state index in [2.05, 4.69) is 6.07 Å². The molecule has 0 radical (unpaired) electrons. The molecule has 2 aromatic heterocycles. The molecule has 1 aliphatic carbocycles. The maximum absolute atomic E-state index is 13.4. The minimum absolute atomic E-state index is 0.126. The molecule has 4 aromatic carbocycles. The Bertz CT molecular complexity index is 1910. The van der Waals surface area contributed by atoms with Gasteiger partial charge in [-0.1, -0.05) is 66.2 Å². The highest BCUT2D eigenvalue weighted by Gasteiger charge is 2.34. The standard InChI is InChI=1S/C32H20ClN3O2/c1-35-27(19-11-13-22(33)14-12-19)18-28-32(35)34-29(36(28)23-9-3-2-4-10-23)17-26-30(37)24-15-20-7-5-6-8-21(20)16-25(24)31(26)38/h2-18H,1H3. The van der Waals surface area contributed by atoms with Crippen LogP contribution in [0.1, 0.15) is 26.5 Å². The Morgan fingerprint density at radius 2 is 1.37 bits per heavy atom. The van der Waals surface area contributed by atoms with Gasteiger partial charge in [-0.15, -0.1) is 0 Å². The summed E-state index contributed by atoms with van der Waals surface area (Å²) in [4.78, 5) is 31.8. The number of hydrogen-bond donors (Lipinski definition) is 0. The third-order valence-electron chi connectivity index (χ3n) is 7.16. The summed E-state index contributed by atoms with van der Waals surface area (Å²) in [5.41, 5.74) is 5.49. The smallest absolute Gasteiger partial charge is 0.197 e. The van der Waals surface area contributed by atoms with Gasteiger partial charge in [0.15, 0.2) is 17.2 Å². The van der Waals surface area contributed by atoms with Gasteiger partial charge in [-0.2, -0.15) is 0 Å². The Kier molecular flexibility index (Phi) is 4.96. The number of aryl methyl sites for hydroxylation is 1. The number of para-hydroxylation sites is 1. The van der Waals surface area contributed by atoms with Gasteiger partial charge in [-0.25, -0.2) is 4.98 Å². The minimum Gasteiger partial charge on any atom is -0.327 e. The van der Waals surface area contributed by atoms with Gasteiger partial charge in [-0.3, -0.25) is 14.2 Å². The first-order chi connectivity index (χ1) is 18.5. The number of nitrogens with zero attached hydrogens (tertiary/aromatic N) is 3. The summed E-state index contributed by atoms with van der Waals surface area (Å²) < 4.78 is 4.00. The first-order valence-corrected chi connectivity index (χ1v) is 12.6. The fourth-order valence-electron chi connectivity index (χ4n) is 5.27. The second-order valence-electron chi connectivity index (χ2n) is 9.41. The van der Waals surface area contributed by atoms with Crippen LogP contribution in [0.4, 0.5) is 0 Å². The van der Waals surface area contributed by atoms with E-state index in [-0.39, 0.29) is 17.1 Å². The van der Waals surface area contributed by atoms with E-state index in [4.69, 9.17) is 16.6 Å². The van der Waals surface area contributed by atoms with Gasteiger partial charge in [0, 0.05) is 28.9 Å². The third kappa shape index (κ3) is 3.36. The maximum Gasteiger partial charge on any atom is 0.197 e. The van der Waals surface area contributed by atoms with E-state index in [9.17, 15) is 9.59 Å². The Hall–Kier alpha value is -4.74. The second kappa shape index (κ2) is 8.40. The number of rotatable bonds is 3. The van der Waals surface area contributed by atoms with Crippen molar-refractivity contribution < 1.29 is 9.59 Å². The fourth-order valence-corrected chi connectivity index (χ4v) is 5.39. The van der Waals surface area contributed by atoms with Crippen LogP contribution in [0, 0.1) is 0 Å². The fraction of sp³-hybridized carbons (Fsp3) is 0.0312. The summed E-state index contributed by atoms with van der Waals surface area (Å²) in [6.45, 7) is 0. The number of carbonyl (C=O) groups is 2. The average molecular weight is 514 g/mol. The zero-order chi connectivity index (χ0) is 26.0. The summed E-state index contributed by atoms with van der Waals surface area (Å²) in [5, 5.41) is 2.54. The average Bonchev–Trinajstić information content (AvgIpc) is 3.53. The van der Waals surface area contributed by atoms with Gasteiger partial charge < -0.3 is 4.57 Å². The molecule has 0 fully saturated rings. The molecule has 7 rings (SSSR count). The summed E-state index contributed by atoms with van der Waals surface area (Å²) >= 11 is 6.11. The van der Waals surface area contributed by atoms with Crippen molar-refractivity contribution in [2.45, 2.75) is 0 Å². The molecule has 0 atom stereocenters. The van der Waals surface area contributed by atoms with Gasteiger partial charge >= 0.3 is 0 Å². The molecule has 1 aliphatic rings. The van der Waals surface area contributed by atoms with Gasteiger partial charge in [0.2, 0.25) is 0 Å². The SMILES string of the molecule is Cn1c(-c2ccc(Cl)cc2)cc2c1nc(C=C1C(=O)c3cc4ccccc4cc3C1=O)n2-c1ccccc1. The molecule has 0 saturated heterocycles. The van der Waals surface area contributed by atoms with Crippen molar-refractivity contribution in [3.63, 3.8) is 0 Å². The van der Waals surface area contributed by atoms with Crippen LogP contribution in [0.15, 0.2) is 103 Å². The molecule has 0 bridgehead atoms. The van der Waals surface area contributed by atoms with E-state index < -0.39 is 0 Å². The zero-order valence-electron chi connectivity index (χ0n) is 20.4. The summed E-state index contributed by atoms with van der Waals surface area (Å²) in [6, 6.07) is 30.9. The minimum atomic E-state index is -0.274. The van der Waals surface area contributed by atoms with Crippen LogP contribution >= 0.6 is 11.6 Å². The Morgan fingerprint density at radius 3 is 2.00 bits per heavy atom. The van der Waals surface area contributed by atoms with Gasteiger partial charge in [0.1, 0.15) is 5.82 Å². The van der Waals surface area contributed by atoms with Gasteiger partial charge in [0.05, 0.1) is 16.8 Å². The number of Topliss-reactive ketones (excluding diaryl/α,β-unsaturated/α-hetero) is 2. The summed E-state index contributed by atoms with van der Waals surface area (Å²) in [6.07, 6.45) is 1.63. The maximum atomic E-state index is 13.4. The van der Waals surface area contributed by atoms with Crippen LogP contribution in [-0.4, -0.2) is 25.7 Å². The van der Waals surface area contributed by atoms with E-state index >= 15 is 0 Å². The monoisotopic (exact) mass is 513 g/mol. The number of imidazole rings is 1. The number of benzene rings is 4. The molecule has 0 spiro atoms. The lowest BCUT2D eigenvalue weighted by Gasteiger charge is -2.07. The van der Waals surface area contributed by atoms with E-state index in [0.29, 0.717) is 22.0 Å². The lowest BCUT2D eigenvalue weighted by atomic mass is 10.0. The molecule has 6 aromatic rings. The molecule has 0 saturated carbocycles. The Balaban J connectivity index is 1.42. The van der Waals surface area contributed by atoms with Crippen LogP contribution in [0.5, 0.6) is 0 Å². The number of aromatic nitrogens is 3. The van der Waals surface area contributed by atoms with Crippen LogP contribution in [0.25, 0.3) is 45.0 Å². The quantitative estimate of drug-likeness (QED) is 0.184. The van der Waals surface area contributed by atoms with E-state index in [1.54, 1.807) is 6.08 Å². The van der Waals surface area contributed by atoms with Crippen molar-refractivity contribution in [2.24, 2.45) is 7.05 Å². The van der Waals surface area contributed by atoms with Crippen molar-refractivity contribution in [3.05, 3.63) is 125 Å². The normalized spacial score (nSPS) is 13.1. The van der Waals surface area contributed by atoms with E-state index in [1.807, 2.05) is 107 Å². The number of carbonyl (C=O) groups excluding carboxylic acids is 2. The lowest BCUT2D eigenvalue weighted by molar-refractivity contribution is 0.0990. The number of halogens is 1. The van der Waals surface area contributed by atoms with E-state index in [0.717, 1.165) is 38.9 Å². The van der Waals surface area contributed by atoms with Crippen molar-refractivity contribution in [3.8, 4) is 16.9 Å². The highest BCUT2D eigenvalue weighted by molar-refractivity contribution is 6.42. The molecule has 5 nitrogen and oxygen atoms in total. The summed E-state index contributed by atoms with van der Waals surface area (Å²) in [5.74, 6) is -0.0259. The van der Waals surface area contributed by atoms with Crippen LogP contribution in [0.2, 0.25) is 5.02 Å².